The smallest absolute Gasteiger partial charge is 0.220 e. The van der Waals surface area contributed by atoms with E-state index < -0.39 is 0 Å². The maximum absolute atomic E-state index is 11.8. The molecule has 1 atom stereocenters. The van der Waals surface area contributed by atoms with Crippen LogP contribution in [0.5, 0.6) is 0 Å². The van der Waals surface area contributed by atoms with E-state index in [4.69, 9.17) is 0 Å². The lowest BCUT2D eigenvalue weighted by Crippen LogP contribution is -2.36. The third kappa shape index (κ3) is 11.3. The van der Waals surface area contributed by atoms with Crippen LogP contribution in [0.1, 0.15) is 74.1 Å². The van der Waals surface area contributed by atoms with Crippen molar-refractivity contribution in [2.45, 2.75) is 86.2 Å². The highest BCUT2D eigenvalue weighted by molar-refractivity contribution is 5.77. The molecule has 0 aliphatic heterocycles. The summed E-state index contributed by atoms with van der Waals surface area (Å²) < 4.78 is 0. The zero-order valence-corrected chi connectivity index (χ0v) is 14.9. The van der Waals surface area contributed by atoms with E-state index in [0.717, 1.165) is 12.8 Å². The molecule has 0 heterocycles. The molecular formula is C17H34N2O2. The van der Waals surface area contributed by atoms with Gasteiger partial charge in [0.15, 0.2) is 0 Å². The van der Waals surface area contributed by atoms with Gasteiger partial charge in [0.2, 0.25) is 11.8 Å². The van der Waals surface area contributed by atoms with Crippen molar-refractivity contribution in [2.75, 3.05) is 0 Å². The first-order chi connectivity index (χ1) is 9.51. The van der Waals surface area contributed by atoms with Crippen LogP contribution in [0.15, 0.2) is 0 Å². The summed E-state index contributed by atoms with van der Waals surface area (Å²) in [5, 5.41) is 5.96. The Morgan fingerprint density at radius 3 is 2.00 bits per heavy atom. The summed E-state index contributed by atoms with van der Waals surface area (Å²) in [7, 11) is 0. The Kier molecular flexibility index (Phi) is 8.60. The molecule has 0 rings (SSSR count). The second-order valence-corrected chi connectivity index (χ2v) is 7.67. The molecule has 0 spiro atoms. The van der Waals surface area contributed by atoms with Crippen LogP contribution in [0.2, 0.25) is 0 Å². The second-order valence-electron chi connectivity index (χ2n) is 7.67. The number of hydrogen-bond acceptors (Lipinski definition) is 2. The first-order valence-corrected chi connectivity index (χ1v) is 8.10. The molecule has 4 heteroatoms. The highest BCUT2D eigenvalue weighted by Crippen LogP contribution is 2.27. The Morgan fingerprint density at radius 1 is 0.952 bits per heavy atom. The molecule has 2 N–H and O–H groups in total. The van der Waals surface area contributed by atoms with E-state index in [-0.39, 0.29) is 29.3 Å². The molecule has 124 valence electrons. The maximum atomic E-state index is 11.8. The Bertz CT molecular complexity index is 336. The van der Waals surface area contributed by atoms with Gasteiger partial charge in [-0.25, -0.2) is 0 Å². The minimum absolute atomic E-state index is 0.0456. The summed E-state index contributed by atoms with van der Waals surface area (Å²) >= 11 is 0. The monoisotopic (exact) mass is 298 g/mol. The number of nitrogens with one attached hydrogen (secondary N) is 2. The predicted molar refractivity (Wildman–Crippen MR) is 88.0 cm³/mol. The molecule has 2 amide bonds. The van der Waals surface area contributed by atoms with Crippen molar-refractivity contribution in [3.05, 3.63) is 0 Å². The molecule has 0 radical (unpaired) electrons. The van der Waals surface area contributed by atoms with Crippen LogP contribution in [0, 0.1) is 11.3 Å². The Labute approximate surface area is 130 Å². The lowest BCUT2D eigenvalue weighted by Gasteiger charge is -2.26. The summed E-state index contributed by atoms with van der Waals surface area (Å²) in [5.41, 5.74) is -0.0456. The van der Waals surface area contributed by atoms with E-state index in [1.165, 1.54) is 0 Å². The van der Waals surface area contributed by atoms with Gasteiger partial charge in [-0.15, -0.1) is 0 Å². The standard InChI is InChI=1S/C17H34N2O2/c1-12(2)10-15(20)19-14(5)8-9-17(6,7)11-16(21)18-13(3)4/h12-14H,8-11H2,1-7H3,(H,18,21)(H,19,20). The highest BCUT2D eigenvalue weighted by Gasteiger charge is 2.23. The maximum Gasteiger partial charge on any atom is 0.220 e. The van der Waals surface area contributed by atoms with Gasteiger partial charge in [-0.1, -0.05) is 27.7 Å². The lowest BCUT2D eigenvalue weighted by molar-refractivity contribution is -0.124. The second kappa shape index (κ2) is 9.06. The quantitative estimate of drug-likeness (QED) is 0.686. The van der Waals surface area contributed by atoms with Crippen molar-refractivity contribution in [3.8, 4) is 0 Å². The van der Waals surface area contributed by atoms with E-state index in [2.05, 4.69) is 24.5 Å². The number of carbonyl (C=O) groups is 2. The van der Waals surface area contributed by atoms with E-state index >= 15 is 0 Å². The zero-order chi connectivity index (χ0) is 16.6. The van der Waals surface area contributed by atoms with E-state index in [9.17, 15) is 9.59 Å². The van der Waals surface area contributed by atoms with Gasteiger partial charge in [-0.3, -0.25) is 9.59 Å². The van der Waals surface area contributed by atoms with Gasteiger partial charge in [0, 0.05) is 24.9 Å². The highest BCUT2D eigenvalue weighted by atomic mass is 16.2. The van der Waals surface area contributed by atoms with Gasteiger partial charge in [0.25, 0.3) is 0 Å². The lowest BCUT2D eigenvalue weighted by atomic mass is 9.83. The summed E-state index contributed by atoms with van der Waals surface area (Å²) in [5.74, 6) is 0.604. The van der Waals surface area contributed by atoms with Gasteiger partial charge in [-0.2, -0.15) is 0 Å². The molecule has 4 nitrogen and oxygen atoms in total. The predicted octanol–water partition coefficient (Wildman–Crippen LogP) is 3.26. The summed E-state index contributed by atoms with van der Waals surface area (Å²) in [4.78, 5) is 23.5. The van der Waals surface area contributed by atoms with Crippen LogP contribution in [0.3, 0.4) is 0 Å². The first kappa shape index (κ1) is 19.9. The van der Waals surface area contributed by atoms with Crippen molar-refractivity contribution >= 4 is 11.8 Å². The molecule has 0 saturated carbocycles. The van der Waals surface area contributed by atoms with Gasteiger partial charge in [0.05, 0.1) is 0 Å². The molecule has 0 aromatic heterocycles. The first-order valence-electron chi connectivity index (χ1n) is 8.10. The molecule has 0 saturated heterocycles. The van der Waals surface area contributed by atoms with Gasteiger partial charge in [0.1, 0.15) is 0 Å². The summed E-state index contributed by atoms with van der Waals surface area (Å²) in [6.07, 6.45) is 2.91. The van der Waals surface area contributed by atoms with Crippen molar-refractivity contribution < 1.29 is 9.59 Å². The average Bonchev–Trinajstić information content (AvgIpc) is 2.22. The Balaban J connectivity index is 4.11. The Morgan fingerprint density at radius 2 is 1.52 bits per heavy atom. The van der Waals surface area contributed by atoms with E-state index in [1.54, 1.807) is 0 Å². The fraction of sp³-hybridized carbons (Fsp3) is 0.882. The third-order valence-corrected chi connectivity index (χ3v) is 3.34. The fourth-order valence-corrected chi connectivity index (χ4v) is 2.28. The molecular weight excluding hydrogens is 264 g/mol. The molecule has 0 aromatic rings. The van der Waals surface area contributed by atoms with E-state index in [0.29, 0.717) is 18.8 Å². The topological polar surface area (TPSA) is 58.2 Å². The van der Waals surface area contributed by atoms with Gasteiger partial charge >= 0.3 is 0 Å². The third-order valence-electron chi connectivity index (χ3n) is 3.34. The molecule has 0 aromatic carbocycles. The van der Waals surface area contributed by atoms with Crippen LogP contribution in [-0.2, 0) is 9.59 Å². The van der Waals surface area contributed by atoms with Crippen LogP contribution in [0.25, 0.3) is 0 Å². The molecule has 1 unspecified atom stereocenters. The normalized spacial score (nSPS) is 13.4. The minimum Gasteiger partial charge on any atom is -0.354 e. The van der Waals surface area contributed by atoms with Crippen molar-refractivity contribution in [2.24, 2.45) is 11.3 Å². The summed E-state index contributed by atoms with van der Waals surface area (Å²) in [6.45, 7) is 14.3. The van der Waals surface area contributed by atoms with E-state index in [1.807, 2.05) is 34.6 Å². The van der Waals surface area contributed by atoms with Crippen molar-refractivity contribution in [3.63, 3.8) is 0 Å². The Hall–Kier alpha value is -1.06. The molecule has 0 aliphatic rings. The summed E-state index contributed by atoms with van der Waals surface area (Å²) in [6, 6.07) is 0.339. The number of rotatable bonds is 9. The number of hydrogen-bond donors (Lipinski definition) is 2. The fourth-order valence-electron chi connectivity index (χ4n) is 2.28. The molecule has 21 heavy (non-hydrogen) atoms. The van der Waals surface area contributed by atoms with Crippen molar-refractivity contribution in [1.29, 1.82) is 0 Å². The van der Waals surface area contributed by atoms with Gasteiger partial charge < -0.3 is 10.6 Å². The average molecular weight is 298 g/mol. The zero-order valence-electron chi connectivity index (χ0n) is 14.9. The molecule has 0 aliphatic carbocycles. The van der Waals surface area contributed by atoms with Crippen LogP contribution < -0.4 is 10.6 Å². The van der Waals surface area contributed by atoms with Crippen molar-refractivity contribution in [1.82, 2.24) is 10.6 Å². The molecule has 0 bridgehead atoms. The molecule has 0 fully saturated rings. The van der Waals surface area contributed by atoms with Crippen LogP contribution in [-0.4, -0.2) is 23.9 Å². The minimum atomic E-state index is -0.0456. The SMILES string of the molecule is CC(C)CC(=O)NC(C)CCC(C)(C)CC(=O)NC(C)C. The van der Waals surface area contributed by atoms with Crippen LogP contribution >= 0.6 is 0 Å². The van der Waals surface area contributed by atoms with Crippen LogP contribution in [0.4, 0.5) is 0 Å². The number of amides is 2. The number of carbonyl (C=O) groups excluding carboxylic acids is 2. The largest absolute Gasteiger partial charge is 0.354 e. The van der Waals surface area contributed by atoms with Gasteiger partial charge in [-0.05, 0) is 44.9 Å².